The molecule has 120 valence electrons. The minimum Gasteiger partial charge on any atom is -0.493 e. The zero-order chi connectivity index (χ0) is 16.6. The summed E-state index contributed by atoms with van der Waals surface area (Å²) in [5, 5.41) is 13.4. The average molecular weight is 336 g/mol. The molecule has 0 saturated carbocycles. The minimum absolute atomic E-state index is 0.0571. The van der Waals surface area contributed by atoms with Gasteiger partial charge in [-0.15, -0.1) is 6.42 Å². The number of hydrogen-bond donors (Lipinski definition) is 2. The summed E-state index contributed by atoms with van der Waals surface area (Å²) in [4.78, 5) is 12.5. The zero-order valence-corrected chi connectivity index (χ0v) is 13.0. The Morgan fingerprint density at radius 1 is 1.43 bits per heavy atom. The highest BCUT2D eigenvalue weighted by Crippen LogP contribution is 2.31. The molecular weight excluding hydrogens is 321 g/mol. The van der Waals surface area contributed by atoms with Gasteiger partial charge >= 0.3 is 5.69 Å². The van der Waals surface area contributed by atoms with E-state index in [9.17, 15) is 14.3 Å². The van der Waals surface area contributed by atoms with Gasteiger partial charge in [-0.05, 0) is 31.4 Å². The molecule has 23 heavy (non-hydrogen) atoms. The molecule has 0 saturated heterocycles. The molecule has 2 aromatic rings. The molecule has 0 amide bonds. The van der Waals surface area contributed by atoms with Crippen molar-refractivity contribution in [1.82, 2.24) is 9.13 Å². The number of terminal acetylenes is 1. The highest BCUT2D eigenvalue weighted by Gasteiger charge is 2.24. The van der Waals surface area contributed by atoms with Crippen molar-refractivity contribution in [2.24, 2.45) is 0 Å². The van der Waals surface area contributed by atoms with Gasteiger partial charge in [-0.2, -0.15) is 0 Å². The number of aromatic nitrogens is 2. The molecule has 0 atom stereocenters. The first-order valence-corrected chi connectivity index (χ1v) is 7.62. The maximum atomic E-state index is 14.3. The van der Waals surface area contributed by atoms with Crippen LogP contribution >= 0.6 is 11.6 Å². The topological polar surface area (TPSA) is 59.2 Å². The molecule has 2 heterocycles. The van der Waals surface area contributed by atoms with Gasteiger partial charge in [-0.3, -0.25) is 4.57 Å². The molecule has 2 N–H and O–H groups in total. The van der Waals surface area contributed by atoms with Crippen LogP contribution in [0.25, 0.3) is 5.69 Å². The summed E-state index contributed by atoms with van der Waals surface area (Å²) in [6, 6.07) is 2.47. The number of benzene rings is 1. The van der Waals surface area contributed by atoms with Crippen molar-refractivity contribution >= 4 is 17.3 Å². The first-order valence-electron chi connectivity index (χ1n) is 7.24. The third-order valence-electron chi connectivity index (χ3n) is 3.92. The number of nitrogens with one attached hydrogen (secondary N) is 1. The Hall–Kier alpha value is -2.39. The Kier molecular flexibility index (Phi) is 4.05. The molecule has 1 aliphatic rings. The van der Waals surface area contributed by atoms with Crippen LogP contribution in [0.2, 0.25) is 5.02 Å². The van der Waals surface area contributed by atoms with Gasteiger partial charge in [-0.1, -0.05) is 17.5 Å². The van der Waals surface area contributed by atoms with Gasteiger partial charge in [-0.25, -0.2) is 13.8 Å². The molecule has 3 rings (SSSR count). The maximum Gasteiger partial charge on any atom is 0.336 e. The van der Waals surface area contributed by atoms with Crippen LogP contribution in [0.15, 0.2) is 16.9 Å². The predicted molar refractivity (Wildman–Crippen MR) is 86.9 cm³/mol. The van der Waals surface area contributed by atoms with E-state index in [0.29, 0.717) is 24.3 Å². The summed E-state index contributed by atoms with van der Waals surface area (Å²) in [6.45, 7) is 0.726. The molecule has 0 fully saturated rings. The van der Waals surface area contributed by atoms with Gasteiger partial charge < -0.3 is 10.4 Å². The van der Waals surface area contributed by atoms with Crippen molar-refractivity contribution in [2.45, 2.75) is 25.8 Å². The van der Waals surface area contributed by atoms with E-state index >= 15 is 0 Å². The molecular formula is C16H15ClFN3O2. The van der Waals surface area contributed by atoms with E-state index in [1.165, 1.54) is 10.6 Å². The van der Waals surface area contributed by atoms with E-state index in [1.807, 2.05) is 0 Å². The van der Waals surface area contributed by atoms with Crippen LogP contribution in [0.1, 0.15) is 18.5 Å². The second-order valence-corrected chi connectivity index (χ2v) is 5.75. The van der Waals surface area contributed by atoms with Crippen LogP contribution in [-0.4, -0.2) is 20.8 Å². The number of imidazole rings is 1. The average Bonchev–Trinajstić information content (AvgIpc) is 2.79. The molecule has 0 radical (unpaired) electrons. The molecule has 1 aromatic heterocycles. The molecule has 1 aliphatic heterocycles. The van der Waals surface area contributed by atoms with Crippen molar-refractivity contribution in [1.29, 1.82) is 0 Å². The molecule has 0 spiro atoms. The van der Waals surface area contributed by atoms with E-state index in [2.05, 4.69) is 11.2 Å². The van der Waals surface area contributed by atoms with Gasteiger partial charge in [0.2, 0.25) is 5.88 Å². The molecule has 0 unspecified atom stereocenters. The quantitative estimate of drug-likeness (QED) is 0.847. The number of aromatic hydroxyl groups is 1. The Bertz CT molecular complexity index is 864. The lowest BCUT2D eigenvalue weighted by molar-refractivity contribution is 0.424. The first-order chi connectivity index (χ1) is 11.0. The van der Waals surface area contributed by atoms with Crippen LogP contribution in [-0.2, 0) is 13.0 Å². The highest BCUT2D eigenvalue weighted by molar-refractivity contribution is 6.33. The Morgan fingerprint density at radius 2 is 2.22 bits per heavy atom. The first kappa shape index (κ1) is 15.5. The van der Waals surface area contributed by atoms with Gasteiger partial charge in [0.25, 0.3) is 0 Å². The van der Waals surface area contributed by atoms with Crippen molar-refractivity contribution in [2.75, 3.05) is 11.9 Å². The van der Waals surface area contributed by atoms with Crippen molar-refractivity contribution in [3.63, 3.8) is 0 Å². The number of anilines is 1. The Labute approximate surface area is 137 Å². The monoisotopic (exact) mass is 335 g/mol. The lowest BCUT2D eigenvalue weighted by Gasteiger charge is -2.12. The van der Waals surface area contributed by atoms with Crippen LogP contribution in [0, 0.1) is 18.2 Å². The SMILES string of the molecule is C#CCNc1cc(-n2c(O)c3n(c2=O)CCCC3)c(F)cc1Cl. The number of nitrogens with zero attached hydrogens (tertiary/aromatic N) is 2. The fourth-order valence-electron chi connectivity index (χ4n) is 2.82. The lowest BCUT2D eigenvalue weighted by atomic mass is 10.1. The summed E-state index contributed by atoms with van der Waals surface area (Å²) in [5.74, 6) is 1.48. The molecule has 0 bridgehead atoms. The van der Waals surface area contributed by atoms with E-state index in [-0.39, 0.29) is 23.1 Å². The van der Waals surface area contributed by atoms with Gasteiger partial charge in [0.1, 0.15) is 5.82 Å². The van der Waals surface area contributed by atoms with E-state index < -0.39 is 11.5 Å². The van der Waals surface area contributed by atoms with Crippen LogP contribution < -0.4 is 11.0 Å². The summed E-state index contributed by atoms with van der Waals surface area (Å²) in [6.07, 6.45) is 7.52. The zero-order valence-electron chi connectivity index (χ0n) is 12.3. The van der Waals surface area contributed by atoms with Crippen LogP contribution in [0.4, 0.5) is 10.1 Å². The van der Waals surface area contributed by atoms with E-state index in [4.69, 9.17) is 18.0 Å². The fraction of sp³-hybridized carbons (Fsp3) is 0.312. The van der Waals surface area contributed by atoms with Crippen molar-refractivity contribution in [3.05, 3.63) is 39.2 Å². The van der Waals surface area contributed by atoms with Crippen LogP contribution in [0.5, 0.6) is 5.88 Å². The molecule has 5 nitrogen and oxygen atoms in total. The minimum atomic E-state index is -0.693. The Balaban J connectivity index is 2.18. The summed E-state index contributed by atoms with van der Waals surface area (Å²) < 4.78 is 16.8. The molecule has 7 heteroatoms. The normalized spacial score (nSPS) is 13.4. The maximum absolute atomic E-state index is 14.3. The number of hydrogen-bond acceptors (Lipinski definition) is 3. The van der Waals surface area contributed by atoms with Gasteiger partial charge in [0, 0.05) is 6.54 Å². The smallest absolute Gasteiger partial charge is 0.336 e. The summed E-state index contributed by atoms with van der Waals surface area (Å²) >= 11 is 5.98. The largest absolute Gasteiger partial charge is 0.493 e. The highest BCUT2D eigenvalue weighted by atomic mass is 35.5. The second-order valence-electron chi connectivity index (χ2n) is 5.34. The molecule has 0 aliphatic carbocycles. The van der Waals surface area contributed by atoms with Gasteiger partial charge in [0.15, 0.2) is 0 Å². The summed E-state index contributed by atoms with van der Waals surface area (Å²) in [7, 11) is 0. The molecule has 1 aromatic carbocycles. The fourth-order valence-corrected chi connectivity index (χ4v) is 3.04. The number of rotatable bonds is 3. The third-order valence-corrected chi connectivity index (χ3v) is 4.23. The second kappa shape index (κ2) is 6.01. The van der Waals surface area contributed by atoms with Gasteiger partial charge in [0.05, 0.1) is 28.6 Å². The van der Waals surface area contributed by atoms with E-state index in [1.54, 1.807) is 0 Å². The lowest BCUT2D eigenvalue weighted by Crippen LogP contribution is -2.26. The summed E-state index contributed by atoms with van der Waals surface area (Å²) in [5.41, 5.74) is 0.421. The van der Waals surface area contributed by atoms with E-state index in [0.717, 1.165) is 23.5 Å². The number of halogens is 2. The standard InChI is InChI=1S/C16H15ClFN3O2/c1-2-6-19-12-9-14(11(18)8-10(12)17)21-15(22)13-5-3-4-7-20(13)16(21)23/h1,8-9,19,22H,3-7H2. The third kappa shape index (κ3) is 2.57. The number of fused-ring (bicyclic) bond motifs is 1. The predicted octanol–water partition coefficient (Wildman–Crippen LogP) is 2.52. The van der Waals surface area contributed by atoms with Crippen molar-refractivity contribution in [3.8, 4) is 23.9 Å². The van der Waals surface area contributed by atoms with Crippen LogP contribution in [0.3, 0.4) is 0 Å². The van der Waals surface area contributed by atoms with Crippen molar-refractivity contribution < 1.29 is 9.50 Å². The Morgan fingerprint density at radius 3 is 2.91 bits per heavy atom.